The van der Waals surface area contributed by atoms with Gasteiger partial charge in [-0.25, -0.2) is 0 Å². The zero-order chi connectivity index (χ0) is 22.0. The molecule has 0 aromatic heterocycles. The number of nitrogens with zero attached hydrogens (tertiary/aromatic N) is 2. The summed E-state index contributed by atoms with van der Waals surface area (Å²) in [5.41, 5.74) is 5.27. The minimum atomic E-state index is -0.919. The van der Waals surface area contributed by atoms with Crippen LogP contribution >= 0.6 is 0 Å². The molecule has 0 aliphatic carbocycles. The number of carbonyl (C=O) groups is 3. The first kappa shape index (κ1) is 20.1. The maximum Gasteiger partial charge on any atom is 0.262 e. The van der Waals surface area contributed by atoms with E-state index in [0.717, 1.165) is 32.9 Å². The fourth-order valence-electron chi connectivity index (χ4n) is 4.54. The molecule has 0 N–H and O–H groups in total. The van der Waals surface area contributed by atoms with Crippen molar-refractivity contribution < 1.29 is 14.4 Å². The number of hydrogen-bond acceptors (Lipinski definition) is 3. The maximum absolute atomic E-state index is 13.8. The van der Waals surface area contributed by atoms with Gasteiger partial charge in [0.1, 0.15) is 6.04 Å². The van der Waals surface area contributed by atoms with Gasteiger partial charge in [-0.05, 0) is 82.5 Å². The van der Waals surface area contributed by atoms with Crippen LogP contribution in [-0.4, -0.2) is 34.2 Å². The summed E-state index contributed by atoms with van der Waals surface area (Å²) in [6, 6.07) is 9.91. The number of amides is 3. The molecule has 5 heteroatoms. The number of hydrogen-bond donors (Lipinski definition) is 0. The van der Waals surface area contributed by atoms with Gasteiger partial charge in [-0.3, -0.25) is 19.3 Å². The number of anilines is 1. The quantitative estimate of drug-likeness (QED) is 0.694. The van der Waals surface area contributed by atoms with Crippen molar-refractivity contribution in [3.63, 3.8) is 0 Å². The molecule has 3 amide bonds. The molecule has 1 atom stereocenters. The summed E-state index contributed by atoms with van der Waals surface area (Å²) in [4.78, 5) is 42.4. The van der Waals surface area contributed by atoms with Crippen LogP contribution in [0.15, 0.2) is 42.5 Å². The van der Waals surface area contributed by atoms with Crippen molar-refractivity contribution in [2.75, 3.05) is 4.90 Å². The maximum atomic E-state index is 13.8. The van der Waals surface area contributed by atoms with Crippen molar-refractivity contribution >= 4 is 29.0 Å². The molecule has 0 spiro atoms. The number of benzene rings is 2. The van der Waals surface area contributed by atoms with Gasteiger partial charge in [-0.1, -0.05) is 18.2 Å². The number of carbonyl (C=O) groups excluding carboxylic acids is 3. The summed E-state index contributed by atoms with van der Waals surface area (Å²) >= 11 is 0. The Balaban J connectivity index is 1.77. The Kier molecular flexibility index (Phi) is 4.46. The predicted molar refractivity (Wildman–Crippen MR) is 118 cm³/mol. The lowest BCUT2D eigenvalue weighted by atomic mass is 9.86. The number of aryl methyl sites for hydroxylation is 2. The topological polar surface area (TPSA) is 57.7 Å². The smallest absolute Gasteiger partial charge is 0.262 e. The molecule has 2 aromatic rings. The van der Waals surface area contributed by atoms with E-state index in [1.807, 2.05) is 33.8 Å². The first-order chi connectivity index (χ1) is 14.0. The van der Waals surface area contributed by atoms with Crippen LogP contribution in [0.2, 0.25) is 0 Å². The highest BCUT2D eigenvalue weighted by atomic mass is 16.2. The number of imide groups is 1. The summed E-state index contributed by atoms with van der Waals surface area (Å²) in [6.07, 6.45) is 2.07. The fourth-order valence-corrected chi connectivity index (χ4v) is 4.54. The van der Waals surface area contributed by atoms with Gasteiger partial charge in [0.05, 0.1) is 22.4 Å². The van der Waals surface area contributed by atoms with Gasteiger partial charge in [-0.2, -0.15) is 0 Å². The molecule has 30 heavy (non-hydrogen) atoms. The van der Waals surface area contributed by atoms with Crippen molar-refractivity contribution in [2.24, 2.45) is 0 Å². The Hall–Kier alpha value is -3.21. The lowest BCUT2D eigenvalue weighted by molar-refractivity contribution is -0.122. The van der Waals surface area contributed by atoms with Crippen LogP contribution in [-0.2, 0) is 4.79 Å². The minimum Gasteiger partial charge on any atom is -0.301 e. The molecule has 154 valence electrons. The molecule has 2 aromatic carbocycles. The monoisotopic (exact) mass is 402 g/mol. The van der Waals surface area contributed by atoms with E-state index in [4.69, 9.17) is 0 Å². The SMILES string of the molecule is CC1=CC(C)(C)N(C(=O)[C@H](C)N2C(=O)c3ccccc3C2=O)c2cc(C)c(C)cc21. The van der Waals surface area contributed by atoms with Crippen LogP contribution < -0.4 is 4.90 Å². The third-order valence-electron chi connectivity index (χ3n) is 6.21. The van der Waals surface area contributed by atoms with Gasteiger partial charge in [-0.15, -0.1) is 0 Å². The van der Waals surface area contributed by atoms with E-state index in [2.05, 4.69) is 19.1 Å². The fraction of sp³-hybridized carbons (Fsp3) is 0.320. The summed E-state index contributed by atoms with van der Waals surface area (Å²) in [7, 11) is 0. The van der Waals surface area contributed by atoms with E-state index in [-0.39, 0.29) is 5.91 Å². The second-order valence-electron chi connectivity index (χ2n) is 8.81. The number of fused-ring (bicyclic) bond motifs is 2. The molecular weight excluding hydrogens is 376 g/mol. The Morgan fingerprint density at radius 1 is 0.900 bits per heavy atom. The molecule has 2 aliphatic heterocycles. The van der Waals surface area contributed by atoms with Crippen LogP contribution in [0.5, 0.6) is 0 Å². The first-order valence-electron chi connectivity index (χ1n) is 10.2. The predicted octanol–water partition coefficient (Wildman–Crippen LogP) is 4.52. The average molecular weight is 402 g/mol. The Labute approximate surface area is 177 Å². The van der Waals surface area contributed by atoms with E-state index in [1.165, 1.54) is 0 Å². The Morgan fingerprint density at radius 3 is 2.00 bits per heavy atom. The molecule has 4 rings (SSSR count). The van der Waals surface area contributed by atoms with Gasteiger partial charge in [0.2, 0.25) is 0 Å². The number of allylic oxidation sites excluding steroid dienone is 1. The second-order valence-corrected chi connectivity index (χ2v) is 8.81. The Bertz CT molecular complexity index is 1110. The van der Waals surface area contributed by atoms with Crippen molar-refractivity contribution in [3.05, 3.63) is 70.3 Å². The summed E-state index contributed by atoms with van der Waals surface area (Å²) in [6.45, 7) is 11.7. The van der Waals surface area contributed by atoms with Crippen molar-refractivity contribution in [2.45, 2.75) is 53.1 Å². The molecule has 0 saturated heterocycles. The van der Waals surface area contributed by atoms with Crippen LogP contribution in [0, 0.1) is 13.8 Å². The minimum absolute atomic E-state index is 0.275. The van der Waals surface area contributed by atoms with Crippen molar-refractivity contribution in [3.8, 4) is 0 Å². The zero-order valence-corrected chi connectivity index (χ0v) is 18.2. The molecule has 0 fully saturated rings. The van der Waals surface area contributed by atoms with E-state index in [9.17, 15) is 14.4 Å². The number of rotatable bonds is 2. The summed E-state index contributed by atoms with van der Waals surface area (Å²) in [5.74, 6) is -1.11. The standard InChI is InChI=1S/C25H26N2O3/c1-14-11-20-16(3)13-25(5,6)27(21(20)12-15(14)2)22(28)17(4)26-23(29)18-9-7-8-10-19(18)24(26)30/h7-13,17H,1-6H3/t17-/m0/s1. The Morgan fingerprint density at radius 2 is 1.43 bits per heavy atom. The molecule has 0 saturated carbocycles. The molecule has 0 unspecified atom stereocenters. The first-order valence-corrected chi connectivity index (χ1v) is 10.2. The van der Waals surface area contributed by atoms with E-state index in [1.54, 1.807) is 36.1 Å². The molecule has 2 heterocycles. The lowest BCUT2D eigenvalue weighted by Gasteiger charge is -2.43. The van der Waals surface area contributed by atoms with Crippen LogP contribution in [0.3, 0.4) is 0 Å². The second kappa shape index (κ2) is 6.66. The van der Waals surface area contributed by atoms with Gasteiger partial charge >= 0.3 is 0 Å². The summed E-state index contributed by atoms with van der Waals surface area (Å²) < 4.78 is 0. The summed E-state index contributed by atoms with van der Waals surface area (Å²) in [5, 5.41) is 0. The van der Waals surface area contributed by atoms with Crippen LogP contribution in [0.4, 0.5) is 5.69 Å². The molecule has 2 aliphatic rings. The normalized spacial score (nSPS) is 18.1. The highest BCUT2D eigenvalue weighted by Gasteiger charge is 2.45. The van der Waals surface area contributed by atoms with Gasteiger partial charge in [0, 0.05) is 5.56 Å². The lowest BCUT2D eigenvalue weighted by Crippen LogP contribution is -2.56. The van der Waals surface area contributed by atoms with Crippen molar-refractivity contribution in [1.82, 2.24) is 4.90 Å². The molecule has 0 bridgehead atoms. The van der Waals surface area contributed by atoms with Gasteiger partial charge in [0.15, 0.2) is 0 Å². The van der Waals surface area contributed by atoms with Crippen LogP contribution in [0.25, 0.3) is 5.57 Å². The van der Waals surface area contributed by atoms with E-state index in [0.29, 0.717) is 11.1 Å². The molecular formula is C25H26N2O3. The van der Waals surface area contributed by atoms with E-state index < -0.39 is 23.4 Å². The van der Waals surface area contributed by atoms with Gasteiger partial charge < -0.3 is 4.90 Å². The largest absolute Gasteiger partial charge is 0.301 e. The average Bonchev–Trinajstić information content (AvgIpc) is 2.93. The highest BCUT2D eigenvalue weighted by molar-refractivity contribution is 6.23. The third-order valence-corrected chi connectivity index (χ3v) is 6.21. The molecule has 5 nitrogen and oxygen atoms in total. The van der Waals surface area contributed by atoms with E-state index >= 15 is 0 Å². The van der Waals surface area contributed by atoms with Crippen LogP contribution in [0.1, 0.15) is 65.1 Å². The van der Waals surface area contributed by atoms with Gasteiger partial charge in [0.25, 0.3) is 17.7 Å². The molecule has 0 radical (unpaired) electrons. The zero-order valence-electron chi connectivity index (χ0n) is 18.2. The highest BCUT2D eigenvalue weighted by Crippen LogP contribution is 2.41. The van der Waals surface area contributed by atoms with Crippen molar-refractivity contribution in [1.29, 1.82) is 0 Å². The third kappa shape index (κ3) is 2.80.